The molecule has 1 aliphatic carbocycles. The zero-order valence-corrected chi connectivity index (χ0v) is 29.6. The number of alkyl halides is 4. The molecular weight excluding hydrogens is 737 g/mol. The molecule has 5 aromatic rings. The number of nitrogens with zero attached hydrogens (tertiary/aromatic N) is 7. The van der Waals surface area contributed by atoms with Crippen molar-refractivity contribution in [1.29, 1.82) is 5.26 Å². The van der Waals surface area contributed by atoms with Crippen LogP contribution in [0.2, 0.25) is 0 Å². The number of nitrogen functional groups attached to an aromatic ring is 2. The number of aromatic nitrogens is 4. The molecule has 2 aromatic carbocycles. The fourth-order valence-corrected chi connectivity index (χ4v) is 8.51. The van der Waals surface area contributed by atoms with Crippen molar-refractivity contribution in [3.05, 3.63) is 53.0 Å². The minimum Gasteiger partial charge on any atom is -0.490 e. The highest BCUT2D eigenvalue weighted by Gasteiger charge is 2.47. The number of hydrogen-bond acceptors (Lipinski definition) is 12. The van der Waals surface area contributed by atoms with Gasteiger partial charge in [-0.05, 0) is 44.2 Å². The van der Waals surface area contributed by atoms with Crippen LogP contribution in [0.5, 0.6) is 11.8 Å². The van der Waals surface area contributed by atoms with E-state index in [0.29, 0.717) is 49.4 Å². The van der Waals surface area contributed by atoms with Crippen molar-refractivity contribution in [2.75, 3.05) is 55.8 Å². The summed E-state index contributed by atoms with van der Waals surface area (Å²) in [5, 5.41) is 9.16. The minimum absolute atomic E-state index is 0.0289. The molecule has 2 aliphatic heterocycles. The van der Waals surface area contributed by atoms with Crippen LogP contribution in [0.15, 0.2) is 24.7 Å². The summed E-state index contributed by atoms with van der Waals surface area (Å²) in [6.45, 7) is 3.38. The number of piperidine rings is 1. The molecule has 2 fully saturated rings. The first kappa shape index (κ1) is 35.9. The summed E-state index contributed by atoms with van der Waals surface area (Å²) in [5.41, 5.74) is 8.62. The summed E-state index contributed by atoms with van der Waals surface area (Å²) in [6, 6.07) is 2.74. The van der Waals surface area contributed by atoms with Gasteiger partial charge >= 0.3 is 12.2 Å². The number of anilines is 3. The molecule has 3 aliphatic rings. The Morgan fingerprint density at radius 2 is 1.89 bits per heavy atom. The van der Waals surface area contributed by atoms with E-state index in [0.717, 1.165) is 25.0 Å². The van der Waals surface area contributed by atoms with Crippen molar-refractivity contribution in [1.82, 2.24) is 24.8 Å². The van der Waals surface area contributed by atoms with E-state index < -0.39 is 58.0 Å². The molecular formula is C36H33F6N9O2S. The summed E-state index contributed by atoms with van der Waals surface area (Å²) in [6.07, 6.45) is -0.807. The van der Waals surface area contributed by atoms with Gasteiger partial charge in [-0.2, -0.15) is 28.4 Å². The molecule has 4 N–H and O–H groups in total. The highest BCUT2D eigenvalue weighted by atomic mass is 32.1. The lowest BCUT2D eigenvalue weighted by molar-refractivity contribution is -0.138. The Morgan fingerprint density at radius 1 is 1.13 bits per heavy atom. The van der Waals surface area contributed by atoms with E-state index in [4.69, 9.17) is 20.9 Å². The minimum atomic E-state index is -5.23. The maximum atomic E-state index is 17.4. The number of fused-ring (bicyclic) bond motifs is 1. The Kier molecular flexibility index (Phi) is 8.83. The third-order valence-corrected chi connectivity index (χ3v) is 11.6. The zero-order chi connectivity index (χ0) is 38.1. The van der Waals surface area contributed by atoms with Crippen molar-refractivity contribution in [3.8, 4) is 29.0 Å². The topological polar surface area (TPSA) is 152 Å². The molecule has 18 heteroatoms. The van der Waals surface area contributed by atoms with Crippen LogP contribution in [0.3, 0.4) is 0 Å². The molecule has 8 rings (SSSR count). The Labute approximate surface area is 308 Å². The predicted molar refractivity (Wildman–Crippen MR) is 190 cm³/mol. The Hall–Kier alpha value is -5.15. The number of nitriles is 1. The maximum absolute atomic E-state index is 17.4. The van der Waals surface area contributed by atoms with Crippen LogP contribution < -0.4 is 25.8 Å². The summed E-state index contributed by atoms with van der Waals surface area (Å²) < 4.78 is 104. The van der Waals surface area contributed by atoms with Crippen molar-refractivity contribution in [2.45, 2.75) is 51.0 Å². The molecule has 5 heterocycles. The SMILES string of the molecule is CC(c1cncnc1N)N1CCOc2c(C(F)(F)F)c(-c3ccc(F)c4sc(N)c(C#N)c34)c(F)c3nc(OCC4(CN5CCC(F)CC5)CC4)nc1c23. The van der Waals surface area contributed by atoms with Crippen LogP contribution in [-0.2, 0) is 6.18 Å². The summed E-state index contributed by atoms with van der Waals surface area (Å²) >= 11 is 0.671. The smallest absolute Gasteiger partial charge is 0.420 e. The maximum Gasteiger partial charge on any atom is 0.420 e. The van der Waals surface area contributed by atoms with Crippen molar-refractivity contribution in [3.63, 3.8) is 0 Å². The van der Waals surface area contributed by atoms with Crippen LogP contribution in [0.25, 0.3) is 32.1 Å². The van der Waals surface area contributed by atoms with E-state index in [-0.39, 0.29) is 68.9 Å². The van der Waals surface area contributed by atoms with E-state index in [1.165, 1.54) is 12.5 Å². The molecule has 1 saturated carbocycles. The van der Waals surface area contributed by atoms with Crippen LogP contribution in [0.4, 0.5) is 43.0 Å². The fourth-order valence-electron chi connectivity index (χ4n) is 7.56. The number of halogens is 6. The van der Waals surface area contributed by atoms with Gasteiger partial charge < -0.3 is 30.7 Å². The predicted octanol–water partition coefficient (Wildman–Crippen LogP) is 7.19. The molecule has 3 aromatic heterocycles. The number of rotatable bonds is 8. The highest BCUT2D eigenvalue weighted by Crippen LogP contribution is 2.54. The first-order chi connectivity index (χ1) is 25.8. The van der Waals surface area contributed by atoms with Crippen molar-refractivity contribution in [2.24, 2.45) is 5.41 Å². The van der Waals surface area contributed by atoms with Crippen LogP contribution in [0, 0.1) is 28.4 Å². The molecule has 1 saturated heterocycles. The lowest BCUT2D eigenvalue weighted by Gasteiger charge is -2.32. The summed E-state index contributed by atoms with van der Waals surface area (Å²) in [7, 11) is 0. The van der Waals surface area contributed by atoms with Crippen LogP contribution in [0.1, 0.15) is 55.3 Å². The van der Waals surface area contributed by atoms with Crippen molar-refractivity contribution >= 4 is 49.0 Å². The number of nitrogens with two attached hydrogens (primary N) is 2. The second-order valence-corrected chi connectivity index (χ2v) is 15.1. The summed E-state index contributed by atoms with van der Waals surface area (Å²) in [5.74, 6) is -2.97. The van der Waals surface area contributed by atoms with Gasteiger partial charge in [-0.1, -0.05) is 6.07 Å². The normalized spacial score (nSPS) is 18.0. The molecule has 0 spiro atoms. The molecule has 0 bridgehead atoms. The van der Waals surface area contributed by atoms with Crippen LogP contribution in [-0.4, -0.2) is 70.4 Å². The Morgan fingerprint density at radius 3 is 2.57 bits per heavy atom. The van der Waals surface area contributed by atoms with Gasteiger partial charge in [-0.25, -0.2) is 23.1 Å². The van der Waals surface area contributed by atoms with Gasteiger partial charge in [-0.3, -0.25) is 0 Å². The van der Waals surface area contributed by atoms with E-state index in [2.05, 4.69) is 24.8 Å². The molecule has 282 valence electrons. The second-order valence-electron chi connectivity index (χ2n) is 14.0. The van der Waals surface area contributed by atoms with E-state index in [1.54, 1.807) is 11.8 Å². The molecule has 0 radical (unpaired) electrons. The first-order valence-corrected chi connectivity index (χ1v) is 18.1. The molecule has 1 unspecified atom stereocenters. The average Bonchev–Trinajstić information content (AvgIpc) is 3.86. The number of benzene rings is 2. The van der Waals surface area contributed by atoms with E-state index in [1.807, 2.05) is 6.07 Å². The van der Waals surface area contributed by atoms with Gasteiger partial charge in [0.1, 0.15) is 64.5 Å². The van der Waals surface area contributed by atoms with Crippen LogP contribution >= 0.6 is 11.3 Å². The lowest BCUT2D eigenvalue weighted by atomic mass is 9.91. The quantitative estimate of drug-likeness (QED) is 0.154. The van der Waals surface area contributed by atoms with Gasteiger partial charge in [0.05, 0.1) is 34.8 Å². The number of hydrogen-bond donors (Lipinski definition) is 2. The molecule has 0 amide bonds. The zero-order valence-electron chi connectivity index (χ0n) is 28.8. The second kappa shape index (κ2) is 13.3. The Balaban J connectivity index is 1.34. The fraction of sp³-hybridized carbons (Fsp3) is 0.417. The third-order valence-electron chi connectivity index (χ3n) is 10.6. The summed E-state index contributed by atoms with van der Waals surface area (Å²) in [4.78, 5) is 20.9. The van der Waals surface area contributed by atoms with Gasteiger partial charge in [0.15, 0.2) is 5.82 Å². The number of thiophene rings is 1. The highest BCUT2D eigenvalue weighted by molar-refractivity contribution is 7.23. The van der Waals surface area contributed by atoms with Gasteiger partial charge in [0, 0.05) is 47.8 Å². The Bertz CT molecular complexity index is 2340. The standard InChI is InChI=1S/C36H33F6N9O2S/c1-17(21-13-46-16-47-31(21)44)51-10-11-52-29-25-28(48-34(49-33(25)51)53-15-35(6-7-35)14-50-8-4-18(37)5-9-50)27(39)24(26(29)36(40,41)42)19-2-3-22(38)30-23(19)20(12-43)32(45)54-30/h2-3,13,16-18H,4-11,14-15,45H2,1H3,(H2,44,46,47). The lowest BCUT2D eigenvalue weighted by Crippen LogP contribution is -2.39. The third kappa shape index (κ3) is 6.12. The van der Waals surface area contributed by atoms with Gasteiger partial charge in [0.2, 0.25) is 0 Å². The molecule has 1 atom stereocenters. The number of likely N-dealkylation sites (tertiary alicyclic amines) is 1. The van der Waals surface area contributed by atoms with Gasteiger partial charge in [0.25, 0.3) is 0 Å². The molecule has 54 heavy (non-hydrogen) atoms. The number of ether oxygens (including phenoxy) is 2. The largest absolute Gasteiger partial charge is 0.490 e. The average molecular weight is 770 g/mol. The van der Waals surface area contributed by atoms with Gasteiger partial charge in [-0.15, -0.1) is 11.3 Å². The van der Waals surface area contributed by atoms with E-state index >= 15 is 22.0 Å². The molecule has 11 nitrogen and oxygen atoms in total. The van der Waals surface area contributed by atoms with E-state index in [9.17, 15) is 9.65 Å². The van der Waals surface area contributed by atoms with Crippen molar-refractivity contribution < 1.29 is 35.8 Å². The first-order valence-electron chi connectivity index (χ1n) is 17.3. The monoisotopic (exact) mass is 769 g/mol.